The molecule has 0 bridgehead atoms. The van der Waals surface area contributed by atoms with Crippen LogP contribution < -0.4 is 5.32 Å². The number of rotatable bonds is 2. The van der Waals surface area contributed by atoms with Gasteiger partial charge in [-0.3, -0.25) is 4.99 Å². The first-order valence-corrected chi connectivity index (χ1v) is 7.01. The molecule has 2 nitrogen and oxygen atoms in total. The number of amidine groups is 1. The molecule has 2 aromatic rings. The third kappa shape index (κ3) is 2.41. The van der Waals surface area contributed by atoms with E-state index in [1.165, 1.54) is 11.1 Å². The maximum absolute atomic E-state index is 4.43. The van der Waals surface area contributed by atoms with Crippen molar-refractivity contribution in [3.63, 3.8) is 0 Å². The zero-order valence-corrected chi connectivity index (χ0v) is 10.8. The molecule has 1 aliphatic rings. The Morgan fingerprint density at radius 3 is 2.50 bits per heavy atom. The number of nitrogens with one attached hydrogen (secondary N) is 1. The van der Waals surface area contributed by atoms with Crippen LogP contribution in [0.2, 0.25) is 0 Å². The molecule has 3 rings (SSSR count). The number of anilines is 1. The van der Waals surface area contributed by atoms with E-state index in [4.69, 9.17) is 0 Å². The quantitative estimate of drug-likeness (QED) is 0.879. The molecule has 18 heavy (non-hydrogen) atoms. The molecule has 1 N–H and O–H groups in total. The Hall–Kier alpha value is -1.74. The summed E-state index contributed by atoms with van der Waals surface area (Å²) in [5.74, 6) is 1.08. The fourth-order valence-electron chi connectivity index (χ4n) is 1.99. The third-order valence-corrected chi connectivity index (χ3v) is 3.73. The van der Waals surface area contributed by atoms with E-state index in [0.717, 1.165) is 23.2 Å². The summed E-state index contributed by atoms with van der Waals surface area (Å²) in [5.41, 5.74) is 3.56. The summed E-state index contributed by atoms with van der Waals surface area (Å²) in [6, 6.07) is 18.8. The molecule has 0 fully saturated rings. The van der Waals surface area contributed by atoms with Gasteiger partial charge in [0.15, 0.2) is 5.17 Å². The Bertz CT molecular complexity index is 564. The van der Waals surface area contributed by atoms with E-state index in [-0.39, 0.29) is 0 Å². The summed E-state index contributed by atoms with van der Waals surface area (Å²) in [6.07, 6.45) is 0. The van der Waals surface area contributed by atoms with E-state index in [9.17, 15) is 0 Å². The van der Waals surface area contributed by atoms with Gasteiger partial charge in [-0.25, -0.2) is 0 Å². The van der Waals surface area contributed by atoms with Crippen LogP contribution in [0.3, 0.4) is 0 Å². The maximum Gasteiger partial charge on any atom is 0.161 e. The van der Waals surface area contributed by atoms with Crippen molar-refractivity contribution < 1.29 is 0 Å². The largest absolute Gasteiger partial charge is 0.334 e. The zero-order valence-electron chi connectivity index (χ0n) is 9.97. The summed E-state index contributed by atoms with van der Waals surface area (Å²) in [7, 11) is 0. The summed E-state index contributed by atoms with van der Waals surface area (Å²) in [6.45, 7) is 0.917. The number of nitrogens with zero attached hydrogens (tertiary/aromatic N) is 1. The summed E-state index contributed by atoms with van der Waals surface area (Å²) < 4.78 is 0. The minimum absolute atomic E-state index is 0.917. The Morgan fingerprint density at radius 1 is 0.944 bits per heavy atom. The van der Waals surface area contributed by atoms with E-state index in [1.54, 1.807) is 11.8 Å². The lowest BCUT2D eigenvalue weighted by atomic mass is 10.0. The van der Waals surface area contributed by atoms with Gasteiger partial charge in [-0.05, 0) is 11.6 Å². The SMILES string of the molecule is c1ccc(-c2ccccc2NC2=NCCS2)cc1. The van der Waals surface area contributed by atoms with Gasteiger partial charge in [-0.2, -0.15) is 0 Å². The average Bonchev–Trinajstić information content (AvgIpc) is 2.93. The van der Waals surface area contributed by atoms with Gasteiger partial charge in [-0.15, -0.1) is 0 Å². The highest BCUT2D eigenvalue weighted by Crippen LogP contribution is 2.28. The highest BCUT2D eigenvalue weighted by atomic mass is 32.2. The molecule has 0 spiro atoms. The van der Waals surface area contributed by atoms with Gasteiger partial charge in [0.1, 0.15) is 0 Å². The van der Waals surface area contributed by atoms with Crippen molar-refractivity contribution in [1.82, 2.24) is 0 Å². The van der Waals surface area contributed by atoms with Crippen molar-refractivity contribution in [3.05, 3.63) is 54.6 Å². The van der Waals surface area contributed by atoms with E-state index >= 15 is 0 Å². The van der Waals surface area contributed by atoms with E-state index in [2.05, 4.69) is 58.8 Å². The molecule has 2 aromatic carbocycles. The van der Waals surface area contributed by atoms with Crippen molar-refractivity contribution in [1.29, 1.82) is 0 Å². The lowest BCUT2D eigenvalue weighted by molar-refractivity contribution is 1.17. The molecule has 0 saturated heterocycles. The zero-order chi connectivity index (χ0) is 12.2. The number of benzene rings is 2. The van der Waals surface area contributed by atoms with Crippen LogP contribution in [-0.2, 0) is 0 Å². The van der Waals surface area contributed by atoms with Crippen molar-refractivity contribution >= 4 is 22.6 Å². The number of thioether (sulfide) groups is 1. The van der Waals surface area contributed by atoms with Gasteiger partial charge in [0.05, 0.1) is 6.54 Å². The Labute approximate surface area is 111 Å². The lowest BCUT2D eigenvalue weighted by Gasteiger charge is -2.11. The summed E-state index contributed by atoms with van der Waals surface area (Å²) in [5, 5.41) is 4.45. The molecular formula is C15H14N2S. The van der Waals surface area contributed by atoms with Crippen LogP contribution in [0.1, 0.15) is 0 Å². The molecule has 1 aliphatic heterocycles. The van der Waals surface area contributed by atoms with Crippen LogP contribution in [0.4, 0.5) is 5.69 Å². The Kier molecular flexibility index (Phi) is 3.33. The molecule has 0 amide bonds. The highest BCUT2D eigenvalue weighted by Gasteiger charge is 2.10. The average molecular weight is 254 g/mol. The van der Waals surface area contributed by atoms with E-state index < -0.39 is 0 Å². The van der Waals surface area contributed by atoms with Gasteiger partial charge >= 0.3 is 0 Å². The van der Waals surface area contributed by atoms with Crippen LogP contribution in [0.25, 0.3) is 11.1 Å². The van der Waals surface area contributed by atoms with Crippen molar-refractivity contribution in [3.8, 4) is 11.1 Å². The van der Waals surface area contributed by atoms with Crippen molar-refractivity contribution in [2.75, 3.05) is 17.6 Å². The maximum atomic E-state index is 4.43. The van der Waals surface area contributed by atoms with Crippen LogP contribution in [0, 0.1) is 0 Å². The van der Waals surface area contributed by atoms with E-state index in [0.29, 0.717) is 0 Å². The van der Waals surface area contributed by atoms with Crippen LogP contribution in [-0.4, -0.2) is 17.5 Å². The Balaban J connectivity index is 1.95. The number of hydrogen-bond donors (Lipinski definition) is 1. The second-order valence-corrected chi connectivity index (χ2v) is 5.16. The van der Waals surface area contributed by atoms with Crippen LogP contribution in [0.5, 0.6) is 0 Å². The smallest absolute Gasteiger partial charge is 0.161 e. The molecule has 0 saturated carbocycles. The lowest BCUT2D eigenvalue weighted by Crippen LogP contribution is -2.05. The minimum Gasteiger partial charge on any atom is -0.334 e. The van der Waals surface area contributed by atoms with Crippen LogP contribution >= 0.6 is 11.8 Å². The first kappa shape index (κ1) is 11.4. The Morgan fingerprint density at radius 2 is 1.72 bits per heavy atom. The molecule has 0 aromatic heterocycles. The first-order chi connectivity index (χ1) is 8.93. The predicted molar refractivity (Wildman–Crippen MR) is 80.3 cm³/mol. The fourth-order valence-corrected chi connectivity index (χ4v) is 2.73. The number of hydrogen-bond acceptors (Lipinski definition) is 3. The molecule has 0 aliphatic carbocycles. The molecule has 0 radical (unpaired) electrons. The fraction of sp³-hybridized carbons (Fsp3) is 0.133. The second kappa shape index (κ2) is 5.27. The molecule has 1 heterocycles. The second-order valence-electron chi connectivity index (χ2n) is 4.07. The summed E-state index contributed by atoms with van der Waals surface area (Å²) in [4.78, 5) is 4.43. The van der Waals surface area contributed by atoms with Gasteiger partial charge in [0.2, 0.25) is 0 Å². The number of para-hydroxylation sites is 1. The first-order valence-electron chi connectivity index (χ1n) is 6.02. The van der Waals surface area contributed by atoms with Gasteiger partial charge < -0.3 is 5.32 Å². The van der Waals surface area contributed by atoms with Gasteiger partial charge in [0.25, 0.3) is 0 Å². The predicted octanol–water partition coefficient (Wildman–Crippen LogP) is 3.87. The number of aliphatic imine (C=N–C) groups is 1. The molecule has 0 unspecified atom stereocenters. The van der Waals surface area contributed by atoms with Crippen molar-refractivity contribution in [2.24, 2.45) is 4.99 Å². The normalized spacial score (nSPS) is 14.3. The molecular weight excluding hydrogens is 240 g/mol. The van der Waals surface area contributed by atoms with Gasteiger partial charge in [-0.1, -0.05) is 60.3 Å². The summed E-state index contributed by atoms with van der Waals surface area (Å²) >= 11 is 1.78. The standard InChI is InChI=1S/C15H14N2S/c1-2-6-12(7-3-1)13-8-4-5-9-14(13)17-15-16-10-11-18-15/h1-9H,10-11H2,(H,16,17). The van der Waals surface area contributed by atoms with Crippen molar-refractivity contribution in [2.45, 2.75) is 0 Å². The highest BCUT2D eigenvalue weighted by molar-refractivity contribution is 8.14. The minimum atomic E-state index is 0.917. The topological polar surface area (TPSA) is 24.4 Å². The third-order valence-electron chi connectivity index (χ3n) is 2.84. The molecule has 0 atom stereocenters. The molecule has 3 heteroatoms. The van der Waals surface area contributed by atoms with Gasteiger partial charge in [0, 0.05) is 17.0 Å². The molecule has 90 valence electrons. The monoisotopic (exact) mass is 254 g/mol. The van der Waals surface area contributed by atoms with E-state index in [1.807, 2.05) is 6.07 Å². The van der Waals surface area contributed by atoms with Crippen LogP contribution in [0.15, 0.2) is 59.6 Å².